The Bertz CT molecular complexity index is 479. The summed E-state index contributed by atoms with van der Waals surface area (Å²) in [5.41, 5.74) is -0.333. The molecule has 0 atom stereocenters. The molecule has 0 unspecified atom stereocenters. The SMILES string of the molecule is COC(=O)Cc1c(O)cnc(OC(F)(F)F)c1CCl. The zero-order chi connectivity index (χ0) is 14.6. The highest BCUT2D eigenvalue weighted by Gasteiger charge is 2.33. The molecule has 0 radical (unpaired) electrons. The summed E-state index contributed by atoms with van der Waals surface area (Å²) in [5, 5.41) is 9.52. The molecule has 0 spiro atoms. The maximum absolute atomic E-state index is 12.2. The molecule has 1 rings (SSSR count). The van der Waals surface area contributed by atoms with Gasteiger partial charge in [0.05, 0.1) is 25.6 Å². The number of nitrogens with zero attached hydrogens (tertiary/aromatic N) is 1. The molecule has 0 saturated carbocycles. The van der Waals surface area contributed by atoms with Crippen LogP contribution in [0.1, 0.15) is 11.1 Å². The average molecular weight is 300 g/mol. The second-order valence-electron chi connectivity index (χ2n) is 3.34. The summed E-state index contributed by atoms with van der Waals surface area (Å²) < 4.78 is 44.5. The van der Waals surface area contributed by atoms with Gasteiger partial charge in [0.2, 0.25) is 5.88 Å². The van der Waals surface area contributed by atoms with Crippen molar-refractivity contribution in [3.63, 3.8) is 0 Å². The maximum Gasteiger partial charge on any atom is 0.574 e. The van der Waals surface area contributed by atoms with E-state index in [0.29, 0.717) is 0 Å². The predicted octanol–water partition coefficient (Wildman–Crippen LogP) is 2.14. The largest absolute Gasteiger partial charge is 0.574 e. The number of carbonyl (C=O) groups excluding carboxylic acids is 1. The van der Waals surface area contributed by atoms with Crippen molar-refractivity contribution in [3.8, 4) is 11.6 Å². The third-order valence-corrected chi connectivity index (χ3v) is 2.40. The Kier molecular flexibility index (Phi) is 4.82. The highest BCUT2D eigenvalue weighted by atomic mass is 35.5. The second-order valence-corrected chi connectivity index (χ2v) is 3.61. The van der Waals surface area contributed by atoms with Crippen LogP contribution in [0.15, 0.2) is 6.20 Å². The molecular weight excluding hydrogens is 291 g/mol. The molecule has 0 aromatic carbocycles. The number of carbonyl (C=O) groups is 1. The van der Waals surface area contributed by atoms with Gasteiger partial charge in [-0.2, -0.15) is 0 Å². The number of aromatic nitrogens is 1. The summed E-state index contributed by atoms with van der Waals surface area (Å²) in [7, 11) is 1.11. The van der Waals surface area contributed by atoms with Crippen LogP contribution in [0.25, 0.3) is 0 Å². The first-order chi connectivity index (χ1) is 8.78. The Morgan fingerprint density at radius 3 is 2.58 bits per heavy atom. The fourth-order valence-corrected chi connectivity index (χ4v) is 1.58. The van der Waals surface area contributed by atoms with E-state index in [1.165, 1.54) is 0 Å². The van der Waals surface area contributed by atoms with Crippen molar-refractivity contribution < 1.29 is 32.5 Å². The Hall–Kier alpha value is -1.70. The maximum atomic E-state index is 12.2. The van der Waals surface area contributed by atoms with Crippen LogP contribution in [0.2, 0.25) is 0 Å². The number of rotatable bonds is 4. The molecule has 0 saturated heterocycles. The van der Waals surface area contributed by atoms with Gasteiger partial charge in [-0.15, -0.1) is 24.8 Å². The number of halogens is 4. The first-order valence-electron chi connectivity index (χ1n) is 4.86. The van der Waals surface area contributed by atoms with Crippen LogP contribution in [-0.4, -0.2) is 29.5 Å². The van der Waals surface area contributed by atoms with Gasteiger partial charge in [0.1, 0.15) is 5.75 Å². The van der Waals surface area contributed by atoms with E-state index in [4.69, 9.17) is 11.6 Å². The minimum atomic E-state index is -4.95. The molecule has 1 N–H and O–H groups in total. The Morgan fingerprint density at radius 1 is 1.47 bits per heavy atom. The Labute approximate surface area is 110 Å². The quantitative estimate of drug-likeness (QED) is 0.681. The van der Waals surface area contributed by atoms with E-state index >= 15 is 0 Å². The number of hydrogen-bond acceptors (Lipinski definition) is 5. The van der Waals surface area contributed by atoms with E-state index in [1.54, 1.807) is 0 Å². The third kappa shape index (κ3) is 4.16. The van der Waals surface area contributed by atoms with Gasteiger partial charge in [0.15, 0.2) is 0 Å². The van der Waals surface area contributed by atoms with Gasteiger partial charge >= 0.3 is 12.3 Å². The van der Waals surface area contributed by atoms with Gasteiger partial charge in [-0.05, 0) is 0 Å². The molecule has 0 bridgehead atoms. The van der Waals surface area contributed by atoms with Crippen LogP contribution in [-0.2, 0) is 21.8 Å². The number of pyridine rings is 1. The summed E-state index contributed by atoms with van der Waals surface area (Å²) in [4.78, 5) is 14.4. The fourth-order valence-electron chi connectivity index (χ4n) is 1.31. The summed E-state index contributed by atoms with van der Waals surface area (Å²) in [6.45, 7) is 0. The zero-order valence-corrected chi connectivity index (χ0v) is 10.4. The standard InChI is InChI=1S/C10H9ClF3NO4/c1-18-8(17)2-5-6(3-11)9(15-4-7(5)16)19-10(12,13)14/h4,16H,2-3H2,1H3. The van der Waals surface area contributed by atoms with Crippen LogP contribution in [0.4, 0.5) is 13.2 Å². The van der Waals surface area contributed by atoms with E-state index in [-0.39, 0.29) is 11.1 Å². The van der Waals surface area contributed by atoms with E-state index in [2.05, 4.69) is 14.5 Å². The van der Waals surface area contributed by atoms with Crippen LogP contribution in [0, 0.1) is 0 Å². The molecule has 0 amide bonds. The molecule has 0 fully saturated rings. The molecule has 106 valence electrons. The van der Waals surface area contributed by atoms with Crippen LogP contribution < -0.4 is 4.74 Å². The second kappa shape index (κ2) is 5.96. The van der Waals surface area contributed by atoms with E-state index in [1.807, 2.05) is 0 Å². The Balaban J connectivity index is 3.21. The van der Waals surface area contributed by atoms with Crippen molar-refractivity contribution in [2.24, 2.45) is 0 Å². The summed E-state index contributed by atoms with van der Waals surface area (Å²) in [5.74, 6) is -2.43. The van der Waals surface area contributed by atoms with Crippen molar-refractivity contribution in [1.29, 1.82) is 0 Å². The molecule has 0 aliphatic rings. The molecule has 5 nitrogen and oxygen atoms in total. The molecule has 1 aromatic heterocycles. The van der Waals surface area contributed by atoms with Crippen molar-refractivity contribution in [3.05, 3.63) is 17.3 Å². The van der Waals surface area contributed by atoms with E-state index < -0.39 is 36.3 Å². The van der Waals surface area contributed by atoms with Crippen LogP contribution in [0.5, 0.6) is 11.6 Å². The first kappa shape index (κ1) is 15.4. The lowest BCUT2D eigenvalue weighted by Gasteiger charge is -2.14. The molecular formula is C10H9ClF3NO4. The normalized spacial score (nSPS) is 11.2. The van der Waals surface area contributed by atoms with Crippen LogP contribution in [0.3, 0.4) is 0 Å². The van der Waals surface area contributed by atoms with Gasteiger partial charge in [-0.3, -0.25) is 4.79 Å². The number of hydrogen-bond donors (Lipinski definition) is 1. The van der Waals surface area contributed by atoms with Crippen molar-refractivity contribution in [2.45, 2.75) is 18.7 Å². The van der Waals surface area contributed by atoms with E-state index in [9.17, 15) is 23.1 Å². The summed E-state index contributed by atoms with van der Waals surface area (Å²) >= 11 is 5.51. The van der Waals surface area contributed by atoms with Gasteiger partial charge < -0.3 is 14.6 Å². The minimum absolute atomic E-state index is 0.115. The smallest absolute Gasteiger partial charge is 0.506 e. The number of aromatic hydroxyl groups is 1. The van der Waals surface area contributed by atoms with Gasteiger partial charge in [0, 0.05) is 11.1 Å². The molecule has 0 aliphatic carbocycles. The number of alkyl halides is 4. The monoisotopic (exact) mass is 299 g/mol. The molecule has 9 heteroatoms. The lowest BCUT2D eigenvalue weighted by molar-refractivity contribution is -0.276. The molecule has 1 heterocycles. The summed E-state index contributed by atoms with van der Waals surface area (Å²) in [6.07, 6.45) is -4.65. The predicted molar refractivity (Wildman–Crippen MR) is 57.9 cm³/mol. The van der Waals surface area contributed by atoms with Gasteiger partial charge in [-0.1, -0.05) is 0 Å². The Morgan fingerprint density at radius 2 is 2.11 bits per heavy atom. The topological polar surface area (TPSA) is 68.7 Å². The fraction of sp³-hybridized carbons (Fsp3) is 0.400. The highest BCUT2D eigenvalue weighted by molar-refractivity contribution is 6.17. The number of esters is 1. The van der Waals surface area contributed by atoms with Gasteiger partial charge in [-0.25, -0.2) is 4.98 Å². The van der Waals surface area contributed by atoms with Crippen molar-refractivity contribution in [1.82, 2.24) is 4.98 Å². The molecule has 0 aliphatic heterocycles. The van der Waals surface area contributed by atoms with Crippen molar-refractivity contribution in [2.75, 3.05) is 7.11 Å². The first-order valence-corrected chi connectivity index (χ1v) is 5.40. The molecule has 19 heavy (non-hydrogen) atoms. The lowest BCUT2D eigenvalue weighted by Crippen LogP contribution is -2.20. The summed E-state index contributed by atoms with van der Waals surface area (Å²) in [6, 6.07) is 0. The zero-order valence-electron chi connectivity index (χ0n) is 9.62. The average Bonchev–Trinajstić information content (AvgIpc) is 2.31. The number of methoxy groups -OCH3 is 1. The molecule has 1 aromatic rings. The third-order valence-electron chi connectivity index (χ3n) is 2.13. The lowest BCUT2D eigenvalue weighted by atomic mass is 10.1. The van der Waals surface area contributed by atoms with Crippen LogP contribution >= 0.6 is 11.6 Å². The van der Waals surface area contributed by atoms with Crippen molar-refractivity contribution >= 4 is 17.6 Å². The highest BCUT2D eigenvalue weighted by Crippen LogP contribution is 2.32. The minimum Gasteiger partial charge on any atom is -0.506 e. The van der Waals surface area contributed by atoms with Gasteiger partial charge in [0.25, 0.3) is 0 Å². The number of ether oxygens (including phenoxy) is 2. The van der Waals surface area contributed by atoms with E-state index in [0.717, 1.165) is 13.3 Å².